The number of ether oxygens (including phenoxy) is 2. The lowest BCUT2D eigenvalue weighted by Gasteiger charge is -2.29. The van der Waals surface area contributed by atoms with E-state index in [1.54, 1.807) is 7.11 Å². The Morgan fingerprint density at radius 1 is 1.44 bits per heavy atom. The molecule has 3 heteroatoms. The maximum Gasteiger partial charge on any atom is 0.122 e. The number of methoxy groups -OCH3 is 1. The molecule has 18 heavy (non-hydrogen) atoms. The van der Waals surface area contributed by atoms with E-state index in [4.69, 9.17) is 9.47 Å². The minimum atomic E-state index is -0.406. The molecule has 1 aromatic rings. The summed E-state index contributed by atoms with van der Waals surface area (Å²) in [6.45, 7) is 2.77. The van der Waals surface area contributed by atoms with Gasteiger partial charge in [0.1, 0.15) is 5.75 Å². The third-order valence-corrected chi connectivity index (χ3v) is 3.74. The molecule has 1 aliphatic heterocycles. The highest BCUT2D eigenvalue weighted by Crippen LogP contribution is 2.36. The Kier molecular flexibility index (Phi) is 4.61. The number of fused-ring (bicyclic) bond motifs is 1. The zero-order valence-electron chi connectivity index (χ0n) is 11.1. The van der Waals surface area contributed by atoms with E-state index in [2.05, 4.69) is 6.07 Å². The quantitative estimate of drug-likeness (QED) is 0.873. The number of aliphatic hydroxyl groups is 1. The highest BCUT2D eigenvalue weighted by Gasteiger charge is 2.26. The van der Waals surface area contributed by atoms with Crippen LogP contribution in [0.2, 0.25) is 0 Å². The van der Waals surface area contributed by atoms with E-state index in [1.807, 2.05) is 25.1 Å². The van der Waals surface area contributed by atoms with Crippen molar-refractivity contribution in [2.75, 3.05) is 13.7 Å². The van der Waals surface area contributed by atoms with Crippen LogP contribution in [0.1, 0.15) is 37.7 Å². The molecule has 0 saturated heterocycles. The summed E-state index contributed by atoms with van der Waals surface area (Å²) in [5.41, 5.74) is 1.22. The fourth-order valence-electron chi connectivity index (χ4n) is 2.70. The van der Waals surface area contributed by atoms with Crippen molar-refractivity contribution in [1.82, 2.24) is 0 Å². The zero-order valence-corrected chi connectivity index (χ0v) is 11.1. The molecular formula is C15H22O3. The average molecular weight is 250 g/mol. The van der Waals surface area contributed by atoms with Crippen LogP contribution in [0.5, 0.6) is 5.75 Å². The van der Waals surface area contributed by atoms with E-state index in [0.29, 0.717) is 5.92 Å². The first kappa shape index (κ1) is 13.4. The normalized spacial score (nSPS) is 21.8. The van der Waals surface area contributed by atoms with Crippen molar-refractivity contribution in [3.05, 3.63) is 29.8 Å². The van der Waals surface area contributed by atoms with Gasteiger partial charge in [0.25, 0.3) is 0 Å². The predicted octanol–water partition coefficient (Wildman–Crippen LogP) is 2.73. The number of aliphatic hydroxyl groups excluding tert-OH is 1. The van der Waals surface area contributed by atoms with Gasteiger partial charge < -0.3 is 14.6 Å². The van der Waals surface area contributed by atoms with E-state index >= 15 is 0 Å². The first-order valence-corrected chi connectivity index (χ1v) is 6.68. The summed E-state index contributed by atoms with van der Waals surface area (Å²) in [6, 6.07) is 8.11. The van der Waals surface area contributed by atoms with Gasteiger partial charge in [-0.25, -0.2) is 0 Å². The molecule has 0 amide bonds. The molecule has 1 aromatic carbocycles. The topological polar surface area (TPSA) is 38.7 Å². The van der Waals surface area contributed by atoms with E-state index in [-0.39, 0.29) is 6.10 Å². The van der Waals surface area contributed by atoms with E-state index in [0.717, 1.165) is 31.6 Å². The minimum Gasteiger partial charge on any atom is -0.493 e. The Morgan fingerprint density at radius 3 is 2.94 bits per heavy atom. The van der Waals surface area contributed by atoms with Crippen LogP contribution in [-0.2, 0) is 4.74 Å². The van der Waals surface area contributed by atoms with Crippen LogP contribution in [0.3, 0.4) is 0 Å². The molecule has 0 spiro atoms. The molecule has 0 saturated carbocycles. The Bertz CT molecular complexity index is 374. The molecule has 0 fully saturated rings. The van der Waals surface area contributed by atoms with Crippen molar-refractivity contribution >= 4 is 0 Å². The maximum absolute atomic E-state index is 10.2. The Balaban J connectivity index is 2.07. The molecule has 3 atom stereocenters. The van der Waals surface area contributed by atoms with Crippen LogP contribution in [0, 0.1) is 0 Å². The largest absolute Gasteiger partial charge is 0.493 e. The molecule has 1 heterocycles. The molecule has 0 radical (unpaired) electrons. The van der Waals surface area contributed by atoms with Gasteiger partial charge in [-0.05, 0) is 36.8 Å². The van der Waals surface area contributed by atoms with E-state index in [9.17, 15) is 5.11 Å². The average Bonchev–Trinajstić information content (AvgIpc) is 2.40. The Morgan fingerprint density at radius 2 is 2.22 bits per heavy atom. The van der Waals surface area contributed by atoms with Crippen LogP contribution < -0.4 is 4.74 Å². The predicted molar refractivity (Wildman–Crippen MR) is 71.0 cm³/mol. The third kappa shape index (κ3) is 2.85. The third-order valence-electron chi connectivity index (χ3n) is 3.74. The van der Waals surface area contributed by atoms with Gasteiger partial charge in [-0.2, -0.15) is 0 Å². The highest BCUT2D eigenvalue weighted by atomic mass is 16.5. The standard InChI is InChI=1S/C15H22O3/c1-3-14(17-2)13(16)10-11-8-9-18-15-7-5-4-6-12(11)15/h4-7,11,13-14,16H,3,8-10H2,1-2H3. The van der Waals surface area contributed by atoms with Crippen LogP contribution >= 0.6 is 0 Å². The first-order chi connectivity index (χ1) is 8.76. The number of benzene rings is 1. The summed E-state index contributed by atoms with van der Waals surface area (Å²) in [5, 5.41) is 10.2. The molecule has 100 valence electrons. The van der Waals surface area contributed by atoms with Crippen molar-refractivity contribution in [1.29, 1.82) is 0 Å². The van der Waals surface area contributed by atoms with E-state index in [1.165, 1.54) is 5.56 Å². The summed E-state index contributed by atoms with van der Waals surface area (Å²) in [4.78, 5) is 0. The van der Waals surface area contributed by atoms with Crippen LogP contribution in [0.25, 0.3) is 0 Å². The van der Waals surface area contributed by atoms with Crippen molar-refractivity contribution in [2.24, 2.45) is 0 Å². The van der Waals surface area contributed by atoms with Gasteiger partial charge in [0.05, 0.1) is 18.8 Å². The fourth-order valence-corrected chi connectivity index (χ4v) is 2.70. The molecule has 0 bridgehead atoms. The van der Waals surface area contributed by atoms with Gasteiger partial charge in [-0.3, -0.25) is 0 Å². The lowest BCUT2D eigenvalue weighted by Crippen LogP contribution is -2.30. The van der Waals surface area contributed by atoms with Crippen LogP contribution in [0.15, 0.2) is 24.3 Å². The Hall–Kier alpha value is -1.06. The summed E-state index contributed by atoms with van der Waals surface area (Å²) in [6.07, 6.45) is 2.07. The van der Waals surface area contributed by atoms with Gasteiger partial charge in [0, 0.05) is 7.11 Å². The summed E-state index contributed by atoms with van der Waals surface area (Å²) >= 11 is 0. The molecule has 3 nitrogen and oxygen atoms in total. The van der Waals surface area contributed by atoms with Gasteiger partial charge >= 0.3 is 0 Å². The number of hydrogen-bond donors (Lipinski definition) is 1. The lowest BCUT2D eigenvalue weighted by atomic mass is 9.87. The fraction of sp³-hybridized carbons (Fsp3) is 0.600. The second-order valence-corrected chi connectivity index (χ2v) is 4.86. The van der Waals surface area contributed by atoms with Gasteiger partial charge in [0.15, 0.2) is 0 Å². The number of para-hydroxylation sites is 1. The van der Waals surface area contributed by atoms with Crippen molar-refractivity contribution in [3.63, 3.8) is 0 Å². The molecule has 2 rings (SSSR count). The van der Waals surface area contributed by atoms with Gasteiger partial charge in [-0.15, -0.1) is 0 Å². The van der Waals surface area contributed by atoms with Crippen LogP contribution in [-0.4, -0.2) is 31.0 Å². The van der Waals surface area contributed by atoms with Crippen molar-refractivity contribution in [2.45, 2.75) is 44.3 Å². The second-order valence-electron chi connectivity index (χ2n) is 4.86. The second kappa shape index (κ2) is 6.21. The van der Waals surface area contributed by atoms with Crippen molar-refractivity contribution in [3.8, 4) is 5.75 Å². The number of hydrogen-bond acceptors (Lipinski definition) is 3. The van der Waals surface area contributed by atoms with Gasteiger partial charge in [-0.1, -0.05) is 25.1 Å². The summed E-state index contributed by atoms with van der Waals surface area (Å²) in [5.74, 6) is 1.33. The molecule has 1 N–H and O–H groups in total. The monoisotopic (exact) mass is 250 g/mol. The molecule has 0 aliphatic carbocycles. The first-order valence-electron chi connectivity index (χ1n) is 6.68. The lowest BCUT2D eigenvalue weighted by molar-refractivity contribution is -0.0218. The highest BCUT2D eigenvalue weighted by molar-refractivity contribution is 5.37. The summed E-state index contributed by atoms with van der Waals surface area (Å²) in [7, 11) is 1.66. The smallest absolute Gasteiger partial charge is 0.122 e. The van der Waals surface area contributed by atoms with Crippen molar-refractivity contribution < 1.29 is 14.6 Å². The molecule has 3 unspecified atom stereocenters. The molecule has 0 aromatic heterocycles. The van der Waals surface area contributed by atoms with Crippen LogP contribution in [0.4, 0.5) is 0 Å². The van der Waals surface area contributed by atoms with E-state index < -0.39 is 6.10 Å². The zero-order chi connectivity index (χ0) is 13.0. The molecular weight excluding hydrogens is 228 g/mol. The minimum absolute atomic E-state index is 0.0694. The SMILES string of the molecule is CCC(OC)C(O)CC1CCOc2ccccc21. The number of rotatable bonds is 5. The van der Waals surface area contributed by atoms with Gasteiger partial charge in [0.2, 0.25) is 0 Å². The summed E-state index contributed by atoms with van der Waals surface area (Å²) < 4.78 is 10.9. The molecule has 1 aliphatic rings. The maximum atomic E-state index is 10.2. The Labute approximate surface area is 109 Å².